The number of nitrogens with zero attached hydrogens (tertiary/aromatic N) is 4. The molecule has 0 radical (unpaired) electrons. The highest BCUT2D eigenvalue weighted by atomic mass is 16.2. The molecule has 2 amide bonds. The zero-order valence-electron chi connectivity index (χ0n) is 17.3. The Kier molecular flexibility index (Phi) is 6.16. The predicted molar refractivity (Wildman–Crippen MR) is 116 cm³/mol. The van der Waals surface area contributed by atoms with Crippen LogP contribution in [-0.2, 0) is 0 Å². The van der Waals surface area contributed by atoms with Gasteiger partial charge in [0.05, 0.1) is 5.52 Å². The largest absolute Gasteiger partial charge is 0.378 e. The van der Waals surface area contributed by atoms with E-state index < -0.39 is 0 Å². The van der Waals surface area contributed by atoms with E-state index in [9.17, 15) is 9.59 Å². The average molecular weight is 393 g/mol. The van der Waals surface area contributed by atoms with Gasteiger partial charge in [-0.05, 0) is 42.8 Å². The van der Waals surface area contributed by atoms with Crippen molar-refractivity contribution in [2.75, 3.05) is 37.9 Å². The zero-order valence-corrected chi connectivity index (χ0v) is 17.3. The SMILES string of the molecule is CCCCN(C)C(=O)c1nc(C(=O)Nc2ccc(N(C)C)cc2)n2ccccc12. The van der Waals surface area contributed by atoms with Gasteiger partial charge in [-0.3, -0.25) is 14.0 Å². The Balaban J connectivity index is 1.89. The molecule has 0 aliphatic rings. The lowest BCUT2D eigenvalue weighted by Gasteiger charge is -2.15. The average Bonchev–Trinajstić information content (AvgIpc) is 3.11. The van der Waals surface area contributed by atoms with E-state index in [1.165, 1.54) is 0 Å². The molecule has 0 unspecified atom stereocenters. The molecule has 2 heterocycles. The minimum Gasteiger partial charge on any atom is -0.378 e. The smallest absolute Gasteiger partial charge is 0.292 e. The summed E-state index contributed by atoms with van der Waals surface area (Å²) in [4.78, 5) is 33.8. The Bertz CT molecular complexity index is 1010. The number of rotatable bonds is 7. The van der Waals surface area contributed by atoms with Gasteiger partial charge in [-0.15, -0.1) is 0 Å². The highest BCUT2D eigenvalue weighted by molar-refractivity contribution is 6.06. The van der Waals surface area contributed by atoms with Crippen LogP contribution in [0.3, 0.4) is 0 Å². The number of benzene rings is 1. The zero-order chi connectivity index (χ0) is 21.0. The third-order valence-electron chi connectivity index (χ3n) is 4.79. The monoisotopic (exact) mass is 393 g/mol. The Morgan fingerprint density at radius 3 is 2.45 bits per heavy atom. The molecule has 0 saturated heterocycles. The van der Waals surface area contributed by atoms with Crippen LogP contribution >= 0.6 is 0 Å². The molecule has 3 aromatic rings. The van der Waals surface area contributed by atoms with Crippen molar-refractivity contribution in [1.29, 1.82) is 0 Å². The number of pyridine rings is 1. The first-order chi connectivity index (χ1) is 13.9. The van der Waals surface area contributed by atoms with Gasteiger partial charge in [0.25, 0.3) is 11.8 Å². The molecule has 0 spiro atoms. The van der Waals surface area contributed by atoms with Crippen LogP contribution in [0.15, 0.2) is 48.7 Å². The second kappa shape index (κ2) is 8.77. The van der Waals surface area contributed by atoms with Crippen LogP contribution in [-0.4, -0.2) is 53.8 Å². The molecule has 29 heavy (non-hydrogen) atoms. The van der Waals surface area contributed by atoms with Gasteiger partial charge in [0, 0.05) is 45.3 Å². The van der Waals surface area contributed by atoms with Crippen molar-refractivity contribution >= 4 is 28.7 Å². The van der Waals surface area contributed by atoms with Gasteiger partial charge in [-0.25, -0.2) is 4.98 Å². The van der Waals surface area contributed by atoms with Crippen molar-refractivity contribution in [3.63, 3.8) is 0 Å². The number of hydrogen-bond donors (Lipinski definition) is 1. The molecule has 0 fully saturated rings. The van der Waals surface area contributed by atoms with Crippen molar-refractivity contribution in [3.05, 3.63) is 60.2 Å². The quantitative estimate of drug-likeness (QED) is 0.667. The third-order valence-corrected chi connectivity index (χ3v) is 4.79. The molecule has 1 aromatic carbocycles. The lowest BCUT2D eigenvalue weighted by Crippen LogP contribution is -2.28. The molecule has 3 rings (SSSR count). The van der Waals surface area contributed by atoms with E-state index in [2.05, 4.69) is 17.2 Å². The van der Waals surface area contributed by atoms with Gasteiger partial charge in [-0.2, -0.15) is 0 Å². The molecule has 0 aliphatic carbocycles. The van der Waals surface area contributed by atoms with Crippen LogP contribution in [0.5, 0.6) is 0 Å². The number of carbonyl (C=O) groups is 2. The van der Waals surface area contributed by atoms with Crippen molar-refractivity contribution in [3.8, 4) is 0 Å². The molecule has 0 bridgehead atoms. The Hall–Kier alpha value is -3.35. The number of anilines is 2. The first-order valence-electron chi connectivity index (χ1n) is 9.73. The number of amides is 2. The van der Waals surface area contributed by atoms with Crippen LogP contribution in [0.25, 0.3) is 5.52 Å². The summed E-state index contributed by atoms with van der Waals surface area (Å²) < 4.78 is 1.66. The van der Waals surface area contributed by atoms with Crippen LogP contribution < -0.4 is 10.2 Å². The fourth-order valence-electron chi connectivity index (χ4n) is 3.06. The molecule has 0 atom stereocenters. The fraction of sp³-hybridized carbons (Fsp3) is 0.318. The molecule has 7 heteroatoms. The lowest BCUT2D eigenvalue weighted by molar-refractivity contribution is 0.0790. The van der Waals surface area contributed by atoms with Crippen molar-refractivity contribution < 1.29 is 9.59 Å². The molecular formula is C22H27N5O2. The number of aromatic nitrogens is 2. The van der Waals surface area contributed by atoms with Crippen LogP contribution in [0.4, 0.5) is 11.4 Å². The van der Waals surface area contributed by atoms with Gasteiger partial charge >= 0.3 is 0 Å². The lowest BCUT2D eigenvalue weighted by atomic mass is 10.2. The predicted octanol–water partition coefficient (Wildman–Crippen LogP) is 3.52. The Labute approximate surface area is 171 Å². The normalized spacial score (nSPS) is 10.8. The van der Waals surface area contributed by atoms with E-state index >= 15 is 0 Å². The van der Waals surface area contributed by atoms with E-state index in [0.717, 1.165) is 18.5 Å². The van der Waals surface area contributed by atoms with E-state index in [1.54, 1.807) is 28.6 Å². The molecule has 7 nitrogen and oxygen atoms in total. The van der Waals surface area contributed by atoms with E-state index in [1.807, 2.05) is 55.4 Å². The van der Waals surface area contributed by atoms with Crippen LogP contribution in [0.1, 0.15) is 40.9 Å². The molecule has 0 saturated carbocycles. The first kappa shape index (κ1) is 20.4. The molecule has 152 valence electrons. The number of unbranched alkanes of at least 4 members (excludes halogenated alkanes) is 1. The molecular weight excluding hydrogens is 366 g/mol. The van der Waals surface area contributed by atoms with Gasteiger partial charge in [0.1, 0.15) is 0 Å². The Morgan fingerprint density at radius 2 is 1.79 bits per heavy atom. The second-order valence-electron chi connectivity index (χ2n) is 7.22. The van der Waals surface area contributed by atoms with Crippen molar-refractivity contribution in [2.45, 2.75) is 19.8 Å². The van der Waals surface area contributed by atoms with E-state index in [0.29, 0.717) is 17.7 Å². The van der Waals surface area contributed by atoms with Crippen molar-refractivity contribution in [1.82, 2.24) is 14.3 Å². The summed E-state index contributed by atoms with van der Waals surface area (Å²) in [6.07, 6.45) is 3.67. The molecule has 2 aromatic heterocycles. The molecule has 0 aliphatic heterocycles. The van der Waals surface area contributed by atoms with Crippen LogP contribution in [0, 0.1) is 0 Å². The highest BCUT2D eigenvalue weighted by Gasteiger charge is 2.23. The third kappa shape index (κ3) is 4.39. The number of fused-ring (bicyclic) bond motifs is 1. The maximum atomic E-state index is 12.9. The van der Waals surface area contributed by atoms with Gasteiger partial charge < -0.3 is 15.1 Å². The number of hydrogen-bond acceptors (Lipinski definition) is 4. The van der Waals surface area contributed by atoms with Gasteiger partial charge in [0.2, 0.25) is 5.82 Å². The molecule has 1 N–H and O–H groups in total. The second-order valence-corrected chi connectivity index (χ2v) is 7.22. The summed E-state index contributed by atoms with van der Waals surface area (Å²) in [5, 5.41) is 2.87. The first-order valence-corrected chi connectivity index (χ1v) is 9.73. The van der Waals surface area contributed by atoms with E-state index in [-0.39, 0.29) is 23.3 Å². The minimum atomic E-state index is -0.362. The van der Waals surface area contributed by atoms with Gasteiger partial charge in [-0.1, -0.05) is 19.4 Å². The summed E-state index contributed by atoms with van der Waals surface area (Å²) in [6, 6.07) is 13.0. The number of nitrogens with one attached hydrogen (secondary N) is 1. The minimum absolute atomic E-state index is 0.184. The topological polar surface area (TPSA) is 70.0 Å². The summed E-state index contributed by atoms with van der Waals surface area (Å²) >= 11 is 0. The standard InChI is InChI=1S/C22H27N5O2/c1-5-6-14-26(4)22(29)19-18-9-7-8-15-27(18)20(24-19)21(28)23-16-10-12-17(13-11-16)25(2)3/h7-13,15H,5-6,14H2,1-4H3,(H,23,28). The highest BCUT2D eigenvalue weighted by Crippen LogP contribution is 2.19. The summed E-state index contributed by atoms with van der Waals surface area (Å²) in [5.74, 6) is -0.361. The number of carbonyl (C=O) groups excluding carboxylic acids is 2. The summed E-state index contributed by atoms with van der Waals surface area (Å²) in [6.45, 7) is 2.73. The maximum absolute atomic E-state index is 12.9. The summed E-state index contributed by atoms with van der Waals surface area (Å²) in [7, 11) is 5.68. The van der Waals surface area contributed by atoms with Crippen LogP contribution in [0.2, 0.25) is 0 Å². The Morgan fingerprint density at radius 1 is 1.07 bits per heavy atom. The summed E-state index contributed by atoms with van der Waals surface area (Å²) in [5.41, 5.74) is 2.62. The van der Waals surface area contributed by atoms with E-state index in [4.69, 9.17) is 0 Å². The maximum Gasteiger partial charge on any atom is 0.292 e. The van der Waals surface area contributed by atoms with Gasteiger partial charge in [0.15, 0.2) is 5.69 Å². The number of imidazole rings is 1. The fourth-order valence-corrected chi connectivity index (χ4v) is 3.06. The van der Waals surface area contributed by atoms with Crippen molar-refractivity contribution in [2.24, 2.45) is 0 Å².